The minimum Gasteiger partial charge on any atom is -0.508 e. The number of phenolic OH excluding ortho intramolecular Hbond substituents is 1. The minimum atomic E-state index is -2.57. The second-order valence-electron chi connectivity index (χ2n) is 3.38. The second kappa shape index (κ2) is 4.30. The van der Waals surface area contributed by atoms with Gasteiger partial charge in [0, 0.05) is 5.56 Å². The lowest BCUT2D eigenvalue weighted by molar-refractivity contribution is -0.157. The van der Waals surface area contributed by atoms with E-state index in [4.69, 9.17) is 15.9 Å². The first kappa shape index (κ1) is 12.2. The summed E-state index contributed by atoms with van der Waals surface area (Å²) < 4.78 is 0. The van der Waals surface area contributed by atoms with E-state index in [1.165, 1.54) is 24.3 Å². The maximum atomic E-state index is 11.5. The molecule has 0 aliphatic heterocycles. The number of nitrogens with two attached hydrogens (primary N) is 1. The Morgan fingerprint density at radius 1 is 1.25 bits per heavy atom. The molecule has 1 rings (SSSR count). The van der Waals surface area contributed by atoms with Crippen LogP contribution in [0.1, 0.15) is 16.8 Å². The van der Waals surface area contributed by atoms with Crippen LogP contribution in [0.4, 0.5) is 0 Å². The Balaban J connectivity index is 2.81. The van der Waals surface area contributed by atoms with Crippen LogP contribution in [0.5, 0.6) is 5.75 Å². The van der Waals surface area contributed by atoms with Gasteiger partial charge in [-0.25, -0.2) is 4.79 Å². The Kier molecular flexibility index (Phi) is 3.26. The Hall–Kier alpha value is -1.92. The van der Waals surface area contributed by atoms with Crippen molar-refractivity contribution in [3.05, 3.63) is 29.8 Å². The lowest BCUT2D eigenvalue weighted by Crippen LogP contribution is -2.49. The Morgan fingerprint density at radius 3 is 2.19 bits per heavy atom. The zero-order chi connectivity index (χ0) is 12.3. The fraction of sp³-hybridized carbons (Fsp3) is 0.200. The molecule has 6 nitrogen and oxygen atoms in total. The van der Waals surface area contributed by atoms with E-state index in [1.54, 1.807) is 0 Å². The molecular formula is C10H11NO5. The molecule has 0 radical (unpaired) electrons. The number of carboxylic acids is 1. The van der Waals surface area contributed by atoms with E-state index >= 15 is 0 Å². The van der Waals surface area contributed by atoms with Crippen molar-refractivity contribution in [3.63, 3.8) is 0 Å². The van der Waals surface area contributed by atoms with Gasteiger partial charge in [-0.3, -0.25) is 10.5 Å². The molecule has 6 heteroatoms. The Bertz CT molecular complexity index is 410. The number of Topliss-reactive ketones (excluding diaryl/α,β-unsaturated/α-hetero) is 1. The molecule has 0 saturated carbocycles. The zero-order valence-electron chi connectivity index (χ0n) is 8.25. The van der Waals surface area contributed by atoms with Gasteiger partial charge in [-0.05, 0) is 24.3 Å². The monoisotopic (exact) mass is 225 g/mol. The number of benzene rings is 1. The zero-order valence-corrected chi connectivity index (χ0v) is 8.25. The molecule has 0 aliphatic rings. The summed E-state index contributed by atoms with van der Waals surface area (Å²) in [4.78, 5) is 22.0. The third kappa shape index (κ3) is 2.78. The molecule has 0 saturated heterocycles. The van der Waals surface area contributed by atoms with Gasteiger partial charge in [-0.15, -0.1) is 0 Å². The summed E-state index contributed by atoms with van der Waals surface area (Å²) in [5.41, 5.74) is 2.61. The van der Waals surface area contributed by atoms with Crippen LogP contribution in [-0.2, 0) is 4.79 Å². The predicted octanol–water partition coefficient (Wildman–Crippen LogP) is -0.303. The van der Waals surface area contributed by atoms with Gasteiger partial charge in [0.25, 0.3) is 0 Å². The summed E-state index contributed by atoms with van der Waals surface area (Å²) in [6.07, 6.45) is -0.729. The van der Waals surface area contributed by atoms with Gasteiger partial charge in [0.15, 0.2) is 5.78 Å². The predicted molar refractivity (Wildman–Crippen MR) is 53.8 cm³/mol. The molecule has 86 valence electrons. The van der Waals surface area contributed by atoms with Crippen LogP contribution in [0.25, 0.3) is 0 Å². The van der Waals surface area contributed by atoms with Gasteiger partial charge in [0.2, 0.25) is 5.72 Å². The standard InChI is InChI=1S/C10H11NO5/c11-10(16,9(14)15)5-8(13)6-1-3-7(12)4-2-6/h1-4,12,16H,5,11H2,(H,14,15). The van der Waals surface area contributed by atoms with Gasteiger partial charge >= 0.3 is 5.97 Å². The Labute approximate surface area is 90.9 Å². The first-order valence-corrected chi connectivity index (χ1v) is 4.40. The number of carbonyl (C=O) groups excluding carboxylic acids is 1. The van der Waals surface area contributed by atoms with Crippen molar-refractivity contribution in [1.82, 2.24) is 0 Å². The average molecular weight is 225 g/mol. The van der Waals surface area contributed by atoms with Gasteiger partial charge in [0.05, 0.1) is 6.42 Å². The van der Waals surface area contributed by atoms with E-state index in [1.807, 2.05) is 0 Å². The second-order valence-corrected chi connectivity index (χ2v) is 3.38. The molecule has 1 unspecified atom stereocenters. The van der Waals surface area contributed by atoms with Crippen molar-refractivity contribution in [2.45, 2.75) is 12.1 Å². The van der Waals surface area contributed by atoms with Crippen LogP contribution in [0.2, 0.25) is 0 Å². The normalized spacial score (nSPS) is 14.1. The molecule has 0 spiro atoms. The molecule has 1 aromatic carbocycles. The van der Waals surface area contributed by atoms with Crippen LogP contribution >= 0.6 is 0 Å². The van der Waals surface area contributed by atoms with E-state index in [0.717, 1.165) is 0 Å². The molecule has 0 aliphatic carbocycles. The molecule has 0 fully saturated rings. The summed E-state index contributed by atoms with van der Waals surface area (Å²) in [5.74, 6) is -2.30. The molecular weight excluding hydrogens is 214 g/mol. The van der Waals surface area contributed by atoms with E-state index in [0.29, 0.717) is 0 Å². The highest BCUT2D eigenvalue weighted by atomic mass is 16.4. The summed E-state index contributed by atoms with van der Waals surface area (Å²) in [7, 11) is 0. The van der Waals surface area contributed by atoms with Crippen molar-refractivity contribution in [3.8, 4) is 5.75 Å². The fourth-order valence-electron chi connectivity index (χ4n) is 1.07. The number of rotatable bonds is 4. The molecule has 1 atom stereocenters. The molecule has 0 aromatic heterocycles. The van der Waals surface area contributed by atoms with Crippen molar-refractivity contribution < 1.29 is 24.9 Å². The third-order valence-electron chi connectivity index (χ3n) is 1.99. The molecule has 1 aromatic rings. The van der Waals surface area contributed by atoms with E-state index in [2.05, 4.69) is 0 Å². The number of phenols is 1. The maximum absolute atomic E-state index is 11.5. The summed E-state index contributed by atoms with van der Waals surface area (Å²) in [5, 5.41) is 26.7. The number of hydrogen-bond donors (Lipinski definition) is 4. The highest BCUT2D eigenvalue weighted by molar-refractivity contribution is 5.99. The van der Waals surface area contributed by atoms with Crippen LogP contribution in [0, 0.1) is 0 Å². The number of carbonyl (C=O) groups is 2. The Morgan fingerprint density at radius 2 is 1.75 bits per heavy atom. The summed E-state index contributed by atoms with van der Waals surface area (Å²) >= 11 is 0. The van der Waals surface area contributed by atoms with E-state index in [-0.39, 0.29) is 11.3 Å². The average Bonchev–Trinajstić information content (AvgIpc) is 2.17. The number of aromatic hydroxyl groups is 1. The maximum Gasteiger partial charge on any atom is 0.351 e. The van der Waals surface area contributed by atoms with Crippen molar-refractivity contribution in [1.29, 1.82) is 0 Å². The number of aliphatic carboxylic acids is 1. The van der Waals surface area contributed by atoms with Crippen LogP contribution < -0.4 is 5.73 Å². The summed E-state index contributed by atoms with van der Waals surface area (Å²) in [6.45, 7) is 0. The van der Waals surface area contributed by atoms with E-state index < -0.39 is 23.9 Å². The highest BCUT2D eigenvalue weighted by Crippen LogP contribution is 2.14. The number of aliphatic hydroxyl groups is 1. The number of hydrogen-bond acceptors (Lipinski definition) is 5. The van der Waals surface area contributed by atoms with Gasteiger partial charge in [0.1, 0.15) is 5.75 Å². The lowest BCUT2D eigenvalue weighted by Gasteiger charge is -2.16. The molecule has 5 N–H and O–H groups in total. The minimum absolute atomic E-state index is 0.0159. The third-order valence-corrected chi connectivity index (χ3v) is 1.99. The van der Waals surface area contributed by atoms with Crippen LogP contribution in [0.3, 0.4) is 0 Å². The van der Waals surface area contributed by atoms with Crippen molar-refractivity contribution in [2.75, 3.05) is 0 Å². The molecule has 0 amide bonds. The van der Waals surface area contributed by atoms with Crippen molar-refractivity contribution in [2.24, 2.45) is 5.73 Å². The molecule has 0 heterocycles. The molecule has 0 bridgehead atoms. The fourth-order valence-corrected chi connectivity index (χ4v) is 1.07. The number of carboxylic acid groups (broad SMARTS) is 1. The first-order valence-electron chi connectivity index (χ1n) is 4.40. The number of ketones is 1. The van der Waals surface area contributed by atoms with E-state index in [9.17, 15) is 14.7 Å². The SMILES string of the molecule is NC(O)(CC(=O)c1ccc(O)cc1)C(=O)O. The summed E-state index contributed by atoms with van der Waals surface area (Å²) in [6, 6.07) is 5.19. The lowest BCUT2D eigenvalue weighted by atomic mass is 10.0. The smallest absolute Gasteiger partial charge is 0.351 e. The topological polar surface area (TPSA) is 121 Å². The van der Waals surface area contributed by atoms with Gasteiger partial charge in [-0.1, -0.05) is 0 Å². The quantitative estimate of drug-likeness (QED) is 0.412. The largest absolute Gasteiger partial charge is 0.508 e. The van der Waals surface area contributed by atoms with Gasteiger partial charge < -0.3 is 15.3 Å². The highest BCUT2D eigenvalue weighted by Gasteiger charge is 2.33. The van der Waals surface area contributed by atoms with Crippen LogP contribution in [0.15, 0.2) is 24.3 Å². The van der Waals surface area contributed by atoms with Crippen molar-refractivity contribution >= 4 is 11.8 Å². The van der Waals surface area contributed by atoms with Crippen LogP contribution in [-0.4, -0.2) is 32.8 Å². The first-order chi connectivity index (χ1) is 7.33. The van der Waals surface area contributed by atoms with Gasteiger partial charge in [-0.2, -0.15) is 0 Å². The molecule has 16 heavy (non-hydrogen) atoms.